The molecule has 2 aromatic carbocycles. The SMILES string of the molecule is NC(=O)C(CCNC(=O)COc1ccc(Cl)c(F)c1)CNC(=O)COc1ccc(Cl)c(F)c1. The van der Waals surface area contributed by atoms with Crippen LogP contribution >= 0.6 is 23.2 Å². The van der Waals surface area contributed by atoms with Crippen molar-refractivity contribution in [3.63, 3.8) is 0 Å². The van der Waals surface area contributed by atoms with E-state index >= 15 is 0 Å². The molecule has 0 saturated heterocycles. The Bertz CT molecular complexity index is 1010. The Morgan fingerprint density at radius 1 is 0.879 bits per heavy atom. The third kappa shape index (κ3) is 9.11. The molecule has 0 saturated carbocycles. The van der Waals surface area contributed by atoms with Crippen molar-refractivity contribution in [3.8, 4) is 11.5 Å². The highest BCUT2D eigenvalue weighted by Gasteiger charge is 2.17. The van der Waals surface area contributed by atoms with Crippen LogP contribution in [0.25, 0.3) is 0 Å². The monoisotopic (exact) mass is 503 g/mol. The van der Waals surface area contributed by atoms with Crippen LogP contribution in [0.1, 0.15) is 6.42 Å². The molecule has 4 N–H and O–H groups in total. The highest BCUT2D eigenvalue weighted by Crippen LogP contribution is 2.21. The first-order valence-corrected chi connectivity index (χ1v) is 10.4. The second-order valence-corrected chi connectivity index (χ2v) is 7.59. The number of benzene rings is 2. The lowest BCUT2D eigenvalue weighted by Crippen LogP contribution is -2.40. The first kappa shape index (κ1) is 26.1. The van der Waals surface area contributed by atoms with Crippen LogP contribution in [0.5, 0.6) is 11.5 Å². The fraction of sp³-hybridized carbons (Fsp3) is 0.286. The summed E-state index contributed by atoms with van der Waals surface area (Å²) in [6, 6.07) is 7.50. The maximum absolute atomic E-state index is 13.4. The molecule has 33 heavy (non-hydrogen) atoms. The van der Waals surface area contributed by atoms with Crippen molar-refractivity contribution in [1.29, 1.82) is 0 Å². The number of amides is 3. The number of primary amides is 1. The maximum atomic E-state index is 13.4. The number of carbonyl (C=O) groups excluding carboxylic acids is 3. The molecule has 12 heteroatoms. The van der Waals surface area contributed by atoms with Gasteiger partial charge in [0.25, 0.3) is 11.8 Å². The molecule has 3 amide bonds. The highest BCUT2D eigenvalue weighted by atomic mass is 35.5. The number of hydrogen-bond acceptors (Lipinski definition) is 5. The zero-order chi connectivity index (χ0) is 24.4. The summed E-state index contributed by atoms with van der Waals surface area (Å²) in [6.45, 7) is -0.780. The fourth-order valence-electron chi connectivity index (χ4n) is 2.50. The molecule has 0 fully saturated rings. The van der Waals surface area contributed by atoms with Gasteiger partial charge in [0.2, 0.25) is 5.91 Å². The van der Waals surface area contributed by atoms with E-state index in [1.165, 1.54) is 24.3 Å². The third-order valence-electron chi connectivity index (χ3n) is 4.28. The molecular weight excluding hydrogens is 483 g/mol. The molecule has 0 aromatic heterocycles. The minimum absolute atomic E-state index is 0.0678. The van der Waals surface area contributed by atoms with Gasteiger partial charge in [0.1, 0.15) is 23.1 Å². The summed E-state index contributed by atoms with van der Waals surface area (Å²) in [5, 5.41) is 4.88. The Hall–Kier alpha value is -3.11. The van der Waals surface area contributed by atoms with E-state index in [-0.39, 0.29) is 47.7 Å². The molecule has 0 heterocycles. The van der Waals surface area contributed by atoms with E-state index in [9.17, 15) is 23.2 Å². The van der Waals surface area contributed by atoms with Crippen molar-refractivity contribution in [2.24, 2.45) is 11.7 Å². The number of rotatable bonds is 12. The Labute approximate surface area is 198 Å². The van der Waals surface area contributed by atoms with Gasteiger partial charge >= 0.3 is 0 Å². The minimum Gasteiger partial charge on any atom is -0.484 e. The largest absolute Gasteiger partial charge is 0.484 e. The summed E-state index contributed by atoms with van der Waals surface area (Å²) in [4.78, 5) is 35.4. The molecule has 0 aliphatic carbocycles. The Morgan fingerprint density at radius 2 is 1.36 bits per heavy atom. The van der Waals surface area contributed by atoms with Crippen molar-refractivity contribution in [2.75, 3.05) is 26.3 Å². The van der Waals surface area contributed by atoms with E-state index in [1.807, 2.05) is 0 Å². The number of hydrogen-bond donors (Lipinski definition) is 3. The molecule has 0 aliphatic heterocycles. The fourth-order valence-corrected chi connectivity index (χ4v) is 2.74. The molecule has 1 atom stereocenters. The van der Waals surface area contributed by atoms with Crippen molar-refractivity contribution < 1.29 is 32.6 Å². The lowest BCUT2D eigenvalue weighted by Gasteiger charge is -2.15. The quantitative estimate of drug-likeness (QED) is 0.410. The van der Waals surface area contributed by atoms with Gasteiger partial charge in [0.05, 0.1) is 16.0 Å². The predicted molar refractivity (Wildman–Crippen MR) is 117 cm³/mol. The number of nitrogens with one attached hydrogen (secondary N) is 2. The molecular formula is C21H21Cl2F2N3O5. The molecule has 0 bridgehead atoms. The normalized spacial score (nSPS) is 11.4. The minimum atomic E-state index is -0.756. The van der Waals surface area contributed by atoms with Gasteiger partial charge in [-0.15, -0.1) is 0 Å². The summed E-state index contributed by atoms with van der Waals surface area (Å²) in [7, 11) is 0. The van der Waals surface area contributed by atoms with Gasteiger partial charge < -0.3 is 25.8 Å². The van der Waals surface area contributed by atoms with Gasteiger partial charge in [-0.25, -0.2) is 8.78 Å². The van der Waals surface area contributed by atoms with Gasteiger partial charge in [-0.2, -0.15) is 0 Å². The van der Waals surface area contributed by atoms with Crippen molar-refractivity contribution in [2.45, 2.75) is 6.42 Å². The molecule has 0 spiro atoms. The maximum Gasteiger partial charge on any atom is 0.257 e. The predicted octanol–water partition coefficient (Wildman–Crippen LogP) is 2.45. The van der Waals surface area contributed by atoms with Crippen LogP contribution < -0.4 is 25.8 Å². The average molecular weight is 504 g/mol. The van der Waals surface area contributed by atoms with Crippen LogP contribution in [0.4, 0.5) is 8.78 Å². The van der Waals surface area contributed by atoms with E-state index in [1.54, 1.807) is 0 Å². The van der Waals surface area contributed by atoms with Gasteiger partial charge in [-0.3, -0.25) is 14.4 Å². The van der Waals surface area contributed by atoms with Crippen LogP contribution in [0.2, 0.25) is 10.0 Å². The smallest absolute Gasteiger partial charge is 0.257 e. The summed E-state index contributed by atoms with van der Waals surface area (Å²) < 4.78 is 37.0. The summed E-state index contributed by atoms with van der Waals surface area (Å²) in [5.74, 6) is -3.59. The Kier molecular flexibility index (Phi) is 10.1. The van der Waals surface area contributed by atoms with Crippen LogP contribution in [0.15, 0.2) is 36.4 Å². The Morgan fingerprint density at radius 3 is 1.82 bits per heavy atom. The second-order valence-electron chi connectivity index (χ2n) is 6.77. The lowest BCUT2D eigenvalue weighted by atomic mass is 10.1. The van der Waals surface area contributed by atoms with Crippen molar-refractivity contribution in [1.82, 2.24) is 10.6 Å². The van der Waals surface area contributed by atoms with Crippen LogP contribution in [0.3, 0.4) is 0 Å². The van der Waals surface area contributed by atoms with Gasteiger partial charge in [0.15, 0.2) is 13.2 Å². The molecule has 0 radical (unpaired) electrons. The molecule has 8 nitrogen and oxygen atoms in total. The molecule has 2 aromatic rings. The van der Waals surface area contributed by atoms with Crippen LogP contribution in [0, 0.1) is 17.6 Å². The number of halogens is 4. The second kappa shape index (κ2) is 12.8. The van der Waals surface area contributed by atoms with Gasteiger partial charge in [-0.1, -0.05) is 23.2 Å². The number of ether oxygens (including phenoxy) is 2. The lowest BCUT2D eigenvalue weighted by molar-refractivity contribution is -0.126. The zero-order valence-electron chi connectivity index (χ0n) is 17.2. The van der Waals surface area contributed by atoms with Gasteiger partial charge in [-0.05, 0) is 30.7 Å². The summed E-state index contributed by atoms with van der Waals surface area (Å²) >= 11 is 11.1. The third-order valence-corrected chi connectivity index (χ3v) is 4.90. The molecule has 1 unspecified atom stereocenters. The Balaban J connectivity index is 1.68. The molecule has 2 rings (SSSR count). The van der Waals surface area contributed by atoms with E-state index < -0.39 is 41.9 Å². The summed E-state index contributed by atoms with van der Waals surface area (Å²) in [5.41, 5.74) is 5.34. The summed E-state index contributed by atoms with van der Waals surface area (Å²) in [6.07, 6.45) is 0.153. The van der Waals surface area contributed by atoms with E-state index in [4.69, 9.17) is 38.4 Å². The van der Waals surface area contributed by atoms with E-state index in [2.05, 4.69) is 10.6 Å². The number of nitrogens with two attached hydrogens (primary N) is 1. The van der Waals surface area contributed by atoms with Crippen molar-refractivity contribution >= 4 is 40.9 Å². The topological polar surface area (TPSA) is 120 Å². The zero-order valence-corrected chi connectivity index (χ0v) is 18.7. The number of carbonyl (C=O) groups is 3. The highest BCUT2D eigenvalue weighted by molar-refractivity contribution is 6.31. The van der Waals surface area contributed by atoms with Gasteiger partial charge in [0, 0.05) is 25.2 Å². The van der Waals surface area contributed by atoms with Crippen LogP contribution in [-0.4, -0.2) is 44.0 Å². The van der Waals surface area contributed by atoms with E-state index in [0.29, 0.717) is 0 Å². The first-order valence-electron chi connectivity index (χ1n) is 9.64. The van der Waals surface area contributed by atoms with Crippen molar-refractivity contribution in [3.05, 3.63) is 58.1 Å². The van der Waals surface area contributed by atoms with E-state index in [0.717, 1.165) is 12.1 Å². The van der Waals surface area contributed by atoms with Crippen LogP contribution in [-0.2, 0) is 14.4 Å². The average Bonchev–Trinajstić information content (AvgIpc) is 2.77. The molecule has 0 aliphatic rings. The first-order chi connectivity index (χ1) is 15.7. The molecule has 178 valence electrons. The standard InChI is InChI=1S/C21H21Cl2F2N3O5/c22-15-3-1-13(7-17(15)24)32-10-19(29)27-6-5-12(21(26)31)9-28-20(30)11-33-14-2-4-16(23)18(25)8-14/h1-4,7-8,12H,5-6,9-11H2,(H2,26,31)(H,27,29)(H,28,30).